The van der Waals surface area contributed by atoms with Crippen molar-refractivity contribution in [3.63, 3.8) is 0 Å². The van der Waals surface area contributed by atoms with Crippen LogP contribution in [-0.2, 0) is 6.54 Å². The highest BCUT2D eigenvalue weighted by Gasteiger charge is 2.39. The zero-order chi connectivity index (χ0) is 13.3. The van der Waals surface area contributed by atoms with Gasteiger partial charge >= 0.3 is 0 Å². The summed E-state index contributed by atoms with van der Waals surface area (Å²) in [5, 5.41) is 10.5. The maximum absolute atomic E-state index is 10.5. The number of para-hydroxylation sites is 2. The predicted octanol–water partition coefficient (Wildman–Crippen LogP) is 1.92. The van der Waals surface area contributed by atoms with E-state index in [1.807, 2.05) is 24.5 Å². The molecule has 0 spiro atoms. The Kier molecular flexibility index (Phi) is 3.29. The minimum absolute atomic E-state index is 0.318. The van der Waals surface area contributed by atoms with Gasteiger partial charge in [0.15, 0.2) is 0 Å². The van der Waals surface area contributed by atoms with Crippen LogP contribution in [0.1, 0.15) is 25.7 Å². The zero-order valence-corrected chi connectivity index (χ0v) is 11.1. The molecule has 1 aromatic heterocycles. The summed E-state index contributed by atoms with van der Waals surface area (Å²) >= 11 is 0. The number of nitrogens with two attached hydrogens (primary N) is 1. The number of imidazole rings is 1. The molecular formula is C15H21N3O. The first-order valence-electron chi connectivity index (χ1n) is 7.05. The van der Waals surface area contributed by atoms with Gasteiger partial charge in [0.05, 0.1) is 23.0 Å². The molecule has 2 aromatic rings. The maximum Gasteiger partial charge on any atom is 0.0958 e. The Balaban J connectivity index is 1.73. The lowest BCUT2D eigenvalue weighted by Crippen LogP contribution is -2.41. The molecular weight excluding hydrogens is 238 g/mol. The number of fused-ring (bicyclic) bond motifs is 1. The third-order valence-corrected chi connectivity index (χ3v) is 4.52. The van der Waals surface area contributed by atoms with Crippen LogP contribution in [-0.4, -0.2) is 26.8 Å². The number of nitrogens with zero attached hydrogens (tertiary/aromatic N) is 2. The Morgan fingerprint density at radius 2 is 2.26 bits per heavy atom. The minimum atomic E-state index is -0.642. The van der Waals surface area contributed by atoms with E-state index in [9.17, 15) is 5.11 Å². The first-order chi connectivity index (χ1) is 9.23. The number of hydrogen-bond donors (Lipinski definition) is 2. The SMILES string of the molecule is NCC1(O)CCCC1CCn1cnc2ccccc21. The van der Waals surface area contributed by atoms with Gasteiger partial charge in [0.2, 0.25) is 0 Å². The molecule has 0 radical (unpaired) electrons. The van der Waals surface area contributed by atoms with Crippen LogP contribution in [0.25, 0.3) is 11.0 Å². The number of rotatable bonds is 4. The number of benzene rings is 1. The van der Waals surface area contributed by atoms with Gasteiger partial charge in [0.1, 0.15) is 0 Å². The van der Waals surface area contributed by atoms with Crippen molar-refractivity contribution >= 4 is 11.0 Å². The molecule has 1 fully saturated rings. The standard InChI is InChI=1S/C15H21N3O/c16-10-15(19)8-3-4-12(15)7-9-18-11-17-13-5-1-2-6-14(13)18/h1-2,5-6,11-12,19H,3-4,7-10,16H2. The van der Waals surface area contributed by atoms with Crippen molar-refractivity contribution in [2.24, 2.45) is 11.7 Å². The van der Waals surface area contributed by atoms with E-state index in [4.69, 9.17) is 5.73 Å². The number of aryl methyl sites for hydroxylation is 1. The molecule has 3 N–H and O–H groups in total. The topological polar surface area (TPSA) is 64.1 Å². The highest BCUT2D eigenvalue weighted by atomic mass is 16.3. The fraction of sp³-hybridized carbons (Fsp3) is 0.533. The Morgan fingerprint density at radius 1 is 1.42 bits per heavy atom. The van der Waals surface area contributed by atoms with Gasteiger partial charge in [-0.1, -0.05) is 18.6 Å². The molecule has 0 saturated heterocycles. The molecule has 1 aliphatic carbocycles. The van der Waals surface area contributed by atoms with Crippen molar-refractivity contribution in [1.82, 2.24) is 9.55 Å². The summed E-state index contributed by atoms with van der Waals surface area (Å²) in [6.07, 6.45) is 5.87. The van der Waals surface area contributed by atoms with Crippen LogP contribution < -0.4 is 5.73 Å². The van der Waals surface area contributed by atoms with Crippen molar-refractivity contribution in [3.05, 3.63) is 30.6 Å². The van der Waals surface area contributed by atoms with Crippen molar-refractivity contribution in [1.29, 1.82) is 0 Å². The average Bonchev–Trinajstić information content (AvgIpc) is 3.01. The van der Waals surface area contributed by atoms with Crippen LogP contribution in [0.3, 0.4) is 0 Å². The van der Waals surface area contributed by atoms with E-state index in [2.05, 4.69) is 15.6 Å². The van der Waals surface area contributed by atoms with Crippen LogP contribution in [0.2, 0.25) is 0 Å². The van der Waals surface area contributed by atoms with Crippen LogP contribution in [0.4, 0.5) is 0 Å². The van der Waals surface area contributed by atoms with E-state index in [0.29, 0.717) is 12.5 Å². The fourth-order valence-corrected chi connectivity index (χ4v) is 3.29. The second-order valence-electron chi connectivity index (χ2n) is 5.61. The van der Waals surface area contributed by atoms with Crippen molar-refractivity contribution in [3.8, 4) is 0 Å². The molecule has 3 rings (SSSR count). The van der Waals surface area contributed by atoms with Gasteiger partial charge in [-0.05, 0) is 37.3 Å². The van der Waals surface area contributed by atoms with Crippen molar-refractivity contribution in [2.45, 2.75) is 37.8 Å². The van der Waals surface area contributed by atoms with E-state index in [-0.39, 0.29) is 0 Å². The summed E-state index contributed by atoms with van der Waals surface area (Å²) in [6, 6.07) is 8.15. The first-order valence-corrected chi connectivity index (χ1v) is 7.05. The van der Waals surface area contributed by atoms with Gasteiger partial charge in [-0.3, -0.25) is 0 Å². The van der Waals surface area contributed by atoms with E-state index in [1.165, 1.54) is 0 Å². The number of aliphatic hydroxyl groups is 1. The normalized spacial score (nSPS) is 27.2. The van der Waals surface area contributed by atoms with E-state index >= 15 is 0 Å². The number of hydrogen-bond acceptors (Lipinski definition) is 3. The van der Waals surface area contributed by atoms with E-state index < -0.39 is 5.60 Å². The fourth-order valence-electron chi connectivity index (χ4n) is 3.29. The largest absolute Gasteiger partial charge is 0.388 e. The lowest BCUT2D eigenvalue weighted by Gasteiger charge is -2.28. The summed E-state index contributed by atoms with van der Waals surface area (Å²) in [5.41, 5.74) is 7.28. The second-order valence-corrected chi connectivity index (χ2v) is 5.61. The van der Waals surface area contributed by atoms with Gasteiger partial charge in [-0.2, -0.15) is 0 Å². The Labute approximate surface area is 113 Å². The van der Waals surface area contributed by atoms with Crippen molar-refractivity contribution < 1.29 is 5.11 Å². The Hall–Kier alpha value is -1.39. The molecule has 4 heteroatoms. The van der Waals surface area contributed by atoms with E-state index in [0.717, 1.165) is 43.3 Å². The molecule has 1 aromatic carbocycles. The summed E-state index contributed by atoms with van der Waals surface area (Å²) in [5.74, 6) is 0.318. The summed E-state index contributed by atoms with van der Waals surface area (Å²) in [7, 11) is 0. The molecule has 1 saturated carbocycles. The van der Waals surface area contributed by atoms with Crippen LogP contribution >= 0.6 is 0 Å². The first kappa shape index (κ1) is 12.6. The molecule has 1 heterocycles. The number of aromatic nitrogens is 2. The maximum atomic E-state index is 10.5. The van der Waals surface area contributed by atoms with Crippen LogP contribution in [0, 0.1) is 5.92 Å². The molecule has 102 valence electrons. The minimum Gasteiger partial charge on any atom is -0.388 e. The zero-order valence-electron chi connectivity index (χ0n) is 11.1. The van der Waals surface area contributed by atoms with Gasteiger partial charge in [0.25, 0.3) is 0 Å². The highest BCUT2D eigenvalue weighted by Crippen LogP contribution is 2.37. The molecule has 2 atom stereocenters. The predicted molar refractivity (Wildman–Crippen MR) is 75.7 cm³/mol. The van der Waals surface area contributed by atoms with Crippen LogP contribution in [0.5, 0.6) is 0 Å². The molecule has 0 bridgehead atoms. The van der Waals surface area contributed by atoms with E-state index in [1.54, 1.807) is 0 Å². The third-order valence-electron chi connectivity index (χ3n) is 4.52. The highest BCUT2D eigenvalue weighted by molar-refractivity contribution is 5.74. The molecule has 4 nitrogen and oxygen atoms in total. The lowest BCUT2D eigenvalue weighted by molar-refractivity contribution is 0.00670. The molecule has 0 amide bonds. The third kappa shape index (κ3) is 2.26. The monoisotopic (exact) mass is 259 g/mol. The summed E-state index contributed by atoms with van der Waals surface area (Å²) in [4.78, 5) is 4.40. The Bertz CT molecular complexity index is 565. The van der Waals surface area contributed by atoms with Gasteiger partial charge in [-0.25, -0.2) is 4.98 Å². The molecule has 1 aliphatic rings. The lowest BCUT2D eigenvalue weighted by atomic mass is 9.88. The van der Waals surface area contributed by atoms with Crippen molar-refractivity contribution in [2.75, 3.05) is 6.54 Å². The molecule has 19 heavy (non-hydrogen) atoms. The molecule has 2 unspecified atom stereocenters. The Morgan fingerprint density at radius 3 is 3.11 bits per heavy atom. The smallest absolute Gasteiger partial charge is 0.0958 e. The quantitative estimate of drug-likeness (QED) is 0.881. The van der Waals surface area contributed by atoms with Gasteiger partial charge < -0.3 is 15.4 Å². The average molecular weight is 259 g/mol. The van der Waals surface area contributed by atoms with Gasteiger partial charge in [-0.15, -0.1) is 0 Å². The second kappa shape index (κ2) is 4.94. The summed E-state index contributed by atoms with van der Waals surface area (Å²) < 4.78 is 2.17. The van der Waals surface area contributed by atoms with Crippen LogP contribution in [0.15, 0.2) is 30.6 Å². The van der Waals surface area contributed by atoms with Gasteiger partial charge in [0, 0.05) is 13.1 Å². The molecule has 0 aliphatic heterocycles. The summed E-state index contributed by atoms with van der Waals surface area (Å²) in [6.45, 7) is 1.27.